The average molecular weight is 255 g/mol. The van der Waals surface area contributed by atoms with E-state index in [9.17, 15) is 4.79 Å². The Hall–Kier alpha value is -1.50. The topological polar surface area (TPSA) is 52.9 Å². The zero-order valence-corrected chi connectivity index (χ0v) is 9.72. The number of Topliss-reactive ketones (excluding diaryl/α,β-unsaturated/α-hetero) is 1. The van der Waals surface area contributed by atoms with E-state index in [2.05, 4.69) is 5.32 Å². The first kappa shape index (κ1) is 12.6. The molecule has 0 unspecified atom stereocenters. The second-order valence-corrected chi connectivity index (χ2v) is 3.65. The molecule has 0 heterocycles. The third-order valence-electron chi connectivity index (χ3n) is 1.79. The fourth-order valence-corrected chi connectivity index (χ4v) is 1.47. The lowest BCUT2D eigenvalue weighted by atomic mass is 10.1. The number of rotatable bonds is 4. The molecule has 0 spiro atoms. The Kier molecular flexibility index (Phi) is 4.84. The molecule has 82 valence electrons. The Morgan fingerprint density at radius 2 is 2.25 bits per heavy atom. The molecule has 0 amide bonds. The number of carbonyl (C=O) groups excluding carboxylic acids is 1. The molecule has 0 bridgehead atoms. The van der Waals surface area contributed by atoms with Gasteiger partial charge in [-0.25, -0.2) is 0 Å². The summed E-state index contributed by atoms with van der Waals surface area (Å²) in [5.74, 6) is -0.185. The molecule has 5 heteroatoms. The van der Waals surface area contributed by atoms with E-state index in [0.29, 0.717) is 10.6 Å². The molecule has 0 atom stereocenters. The van der Waals surface area contributed by atoms with E-state index < -0.39 is 0 Å². The fourth-order valence-electron chi connectivity index (χ4n) is 1.06. The maximum Gasteiger partial charge on any atom is 0.183 e. The van der Waals surface area contributed by atoms with Crippen LogP contribution >= 0.6 is 23.2 Å². The van der Waals surface area contributed by atoms with Crippen molar-refractivity contribution in [2.45, 2.75) is 0 Å². The van der Waals surface area contributed by atoms with Gasteiger partial charge in [-0.15, -0.1) is 0 Å². The fraction of sp³-hybridized carbons (Fsp3) is 0.0909. The number of hydrogen-bond acceptors (Lipinski definition) is 3. The van der Waals surface area contributed by atoms with Gasteiger partial charge in [0.25, 0.3) is 0 Å². The van der Waals surface area contributed by atoms with Crippen molar-refractivity contribution in [3.05, 3.63) is 46.1 Å². The molecule has 0 saturated heterocycles. The van der Waals surface area contributed by atoms with Crippen LogP contribution in [-0.4, -0.2) is 12.3 Å². The van der Waals surface area contributed by atoms with Crippen molar-refractivity contribution in [3.63, 3.8) is 0 Å². The van der Waals surface area contributed by atoms with Gasteiger partial charge < -0.3 is 5.32 Å². The summed E-state index contributed by atoms with van der Waals surface area (Å²) in [6.45, 7) is 0.0677. The Morgan fingerprint density at radius 3 is 2.94 bits per heavy atom. The molecular formula is C11H8Cl2N2O. The second-order valence-electron chi connectivity index (χ2n) is 2.87. The molecule has 0 aliphatic heterocycles. The molecule has 0 radical (unpaired) electrons. The summed E-state index contributed by atoms with van der Waals surface area (Å²) in [6, 6.07) is 6.68. The average Bonchev–Trinajstić information content (AvgIpc) is 2.28. The number of halogens is 2. The van der Waals surface area contributed by atoms with E-state index in [4.69, 9.17) is 28.5 Å². The smallest absolute Gasteiger partial charge is 0.183 e. The van der Waals surface area contributed by atoms with Gasteiger partial charge in [-0.3, -0.25) is 4.79 Å². The van der Waals surface area contributed by atoms with Crippen molar-refractivity contribution in [3.8, 4) is 6.07 Å². The van der Waals surface area contributed by atoms with Crippen LogP contribution < -0.4 is 5.32 Å². The third kappa shape index (κ3) is 3.27. The minimum Gasteiger partial charge on any atom is -0.383 e. The summed E-state index contributed by atoms with van der Waals surface area (Å²) in [5.41, 5.74) is 0.368. The van der Waals surface area contributed by atoms with Gasteiger partial charge in [0.2, 0.25) is 0 Å². The molecule has 3 nitrogen and oxygen atoms in total. The standard InChI is InChI=1S/C11H8Cl2N2O/c12-9-4-1-3-8(11(9)13)10(16)7-15-6-2-5-14/h1-4,6,15H,7H2. The molecular weight excluding hydrogens is 247 g/mol. The maximum atomic E-state index is 11.7. The molecule has 0 aliphatic carbocycles. The quantitative estimate of drug-likeness (QED) is 0.664. The van der Waals surface area contributed by atoms with Crippen LogP contribution in [-0.2, 0) is 0 Å². The Balaban J connectivity index is 2.71. The van der Waals surface area contributed by atoms with Gasteiger partial charge in [-0.2, -0.15) is 5.26 Å². The monoisotopic (exact) mass is 254 g/mol. The summed E-state index contributed by atoms with van der Waals surface area (Å²) < 4.78 is 0. The van der Waals surface area contributed by atoms with E-state index >= 15 is 0 Å². The molecule has 1 aromatic carbocycles. The van der Waals surface area contributed by atoms with Crippen molar-refractivity contribution in [1.29, 1.82) is 5.26 Å². The van der Waals surface area contributed by atoms with Crippen LogP contribution in [0.5, 0.6) is 0 Å². The van der Waals surface area contributed by atoms with Crippen LogP contribution in [0.15, 0.2) is 30.5 Å². The SMILES string of the molecule is N#CC=CNCC(=O)c1cccc(Cl)c1Cl. The van der Waals surface area contributed by atoms with Crippen LogP contribution in [0.3, 0.4) is 0 Å². The van der Waals surface area contributed by atoms with Crippen LogP contribution in [0.1, 0.15) is 10.4 Å². The van der Waals surface area contributed by atoms with Crippen LogP contribution in [0.4, 0.5) is 0 Å². The maximum absolute atomic E-state index is 11.7. The van der Waals surface area contributed by atoms with Gasteiger partial charge in [0.1, 0.15) is 0 Å². The number of nitriles is 1. The highest BCUT2D eigenvalue weighted by atomic mass is 35.5. The van der Waals surface area contributed by atoms with Gasteiger partial charge >= 0.3 is 0 Å². The van der Waals surface area contributed by atoms with Crippen molar-refractivity contribution in [2.75, 3.05) is 6.54 Å². The molecule has 0 aromatic heterocycles. The Morgan fingerprint density at radius 1 is 1.50 bits per heavy atom. The lowest BCUT2D eigenvalue weighted by Crippen LogP contribution is -2.18. The molecule has 0 aliphatic rings. The summed E-state index contributed by atoms with van der Waals surface area (Å²) in [4.78, 5) is 11.7. The molecule has 1 N–H and O–H groups in total. The van der Waals surface area contributed by atoms with E-state index in [1.165, 1.54) is 12.3 Å². The Labute approximate surface area is 103 Å². The number of ketones is 1. The van der Waals surface area contributed by atoms with E-state index in [1.807, 2.05) is 0 Å². The molecule has 0 saturated carbocycles. The zero-order valence-electron chi connectivity index (χ0n) is 8.21. The van der Waals surface area contributed by atoms with Gasteiger partial charge in [0.15, 0.2) is 5.78 Å². The zero-order chi connectivity index (χ0) is 12.0. The van der Waals surface area contributed by atoms with Gasteiger partial charge in [-0.1, -0.05) is 29.3 Å². The normalized spacial score (nSPS) is 10.1. The highest BCUT2D eigenvalue weighted by Gasteiger charge is 2.11. The van der Waals surface area contributed by atoms with Gasteiger partial charge in [-0.05, 0) is 12.1 Å². The molecule has 0 fully saturated rings. The predicted molar refractivity (Wildman–Crippen MR) is 63.5 cm³/mol. The number of carbonyl (C=O) groups is 1. The van der Waals surface area contributed by atoms with Crippen LogP contribution in [0.2, 0.25) is 10.0 Å². The van der Waals surface area contributed by atoms with E-state index in [1.54, 1.807) is 24.3 Å². The number of nitrogens with one attached hydrogen (secondary N) is 1. The summed E-state index contributed by atoms with van der Waals surface area (Å²) >= 11 is 11.7. The number of benzene rings is 1. The third-order valence-corrected chi connectivity index (χ3v) is 2.61. The second kappa shape index (κ2) is 6.16. The minimum absolute atomic E-state index is 0.0677. The summed E-state index contributed by atoms with van der Waals surface area (Å²) in [7, 11) is 0. The number of allylic oxidation sites excluding steroid dienone is 1. The van der Waals surface area contributed by atoms with Crippen LogP contribution in [0, 0.1) is 11.3 Å². The van der Waals surface area contributed by atoms with Crippen molar-refractivity contribution in [2.24, 2.45) is 0 Å². The van der Waals surface area contributed by atoms with Crippen molar-refractivity contribution >= 4 is 29.0 Å². The lowest BCUT2D eigenvalue weighted by Gasteiger charge is -2.04. The van der Waals surface area contributed by atoms with E-state index in [-0.39, 0.29) is 17.4 Å². The molecule has 1 rings (SSSR count). The van der Waals surface area contributed by atoms with Gasteiger partial charge in [0, 0.05) is 17.8 Å². The first-order chi connectivity index (χ1) is 7.66. The van der Waals surface area contributed by atoms with Gasteiger partial charge in [0.05, 0.1) is 22.7 Å². The van der Waals surface area contributed by atoms with Crippen LogP contribution in [0.25, 0.3) is 0 Å². The number of hydrogen-bond donors (Lipinski definition) is 1. The summed E-state index contributed by atoms with van der Waals surface area (Å²) in [6.07, 6.45) is 2.64. The molecule has 16 heavy (non-hydrogen) atoms. The Bertz CT molecular complexity index is 464. The van der Waals surface area contributed by atoms with Crippen molar-refractivity contribution in [1.82, 2.24) is 5.32 Å². The molecule has 1 aromatic rings. The highest BCUT2D eigenvalue weighted by Crippen LogP contribution is 2.25. The lowest BCUT2D eigenvalue weighted by molar-refractivity contribution is 0.0995. The first-order valence-corrected chi connectivity index (χ1v) is 5.17. The first-order valence-electron chi connectivity index (χ1n) is 4.42. The number of nitrogens with zero attached hydrogens (tertiary/aromatic N) is 1. The highest BCUT2D eigenvalue weighted by molar-refractivity contribution is 6.43. The van der Waals surface area contributed by atoms with Crippen molar-refractivity contribution < 1.29 is 4.79 Å². The largest absolute Gasteiger partial charge is 0.383 e. The van der Waals surface area contributed by atoms with E-state index in [0.717, 1.165) is 0 Å². The summed E-state index contributed by atoms with van der Waals surface area (Å²) in [5, 5.41) is 11.5. The predicted octanol–water partition coefficient (Wildman–Crippen LogP) is 2.80. The minimum atomic E-state index is -0.185.